The zero-order valence-electron chi connectivity index (χ0n) is 14.5. The molecule has 132 valence electrons. The molecule has 0 bridgehead atoms. The number of amides is 1. The second kappa shape index (κ2) is 8.63. The normalized spacial score (nSPS) is 21.5. The van der Waals surface area contributed by atoms with Crippen molar-refractivity contribution in [3.8, 4) is 0 Å². The Balaban J connectivity index is 1.63. The Labute approximate surface area is 157 Å². The van der Waals surface area contributed by atoms with Crippen molar-refractivity contribution in [1.29, 1.82) is 0 Å². The van der Waals surface area contributed by atoms with Crippen LogP contribution < -0.4 is 5.32 Å². The Kier molecular flexibility index (Phi) is 6.27. The summed E-state index contributed by atoms with van der Waals surface area (Å²) < 4.78 is 7.01. The molecule has 0 aromatic heterocycles. The van der Waals surface area contributed by atoms with Crippen LogP contribution in [0.5, 0.6) is 0 Å². The van der Waals surface area contributed by atoms with Crippen LogP contribution in [0.4, 0.5) is 0 Å². The van der Waals surface area contributed by atoms with E-state index in [9.17, 15) is 4.79 Å². The molecule has 1 amide bonds. The molecule has 1 fully saturated rings. The molecule has 1 N–H and O–H groups in total. The summed E-state index contributed by atoms with van der Waals surface area (Å²) in [4.78, 5) is 12.8. The highest BCUT2D eigenvalue weighted by Crippen LogP contribution is 2.33. The summed E-state index contributed by atoms with van der Waals surface area (Å²) in [6, 6.07) is 18.4. The monoisotopic (exact) mass is 401 g/mol. The van der Waals surface area contributed by atoms with Crippen molar-refractivity contribution >= 4 is 21.8 Å². The second-order valence-corrected chi connectivity index (χ2v) is 7.61. The summed E-state index contributed by atoms with van der Waals surface area (Å²) in [5.74, 6) is -0.0262. The lowest BCUT2D eigenvalue weighted by Gasteiger charge is -2.32. The van der Waals surface area contributed by atoms with Crippen LogP contribution in [0.1, 0.15) is 37.0 Å². The summed E-state index contributed by atoms with van der Waals surface area (Å²) in [7, 11) is 0. The lowest BCUT2D eigenvalue weighted by atomic mass is 9.88. The highest BCUT2D eigenvalue weighted by atomic mass is 79.9. The van der Waals surface area contributed by atoms with Crippen LogP contribution in [-0.2, 0) is 16.0 Å². The Morgan fingerprint density at radius 3 is 2.64 bits per heavy atom. The molecule has 3 nitrogen and oxygen atoms in total. The number of carbonyl (C=O) groups is 1. The smallest absolute Gasteiger partial charge is 0.226 e. The van der Waals surface area contributed by atoms with Crippen molar-refractivity contribution in [3.63, 3.8) is 0 Å². The maximum absolute atomic E-state index is 12.8. The first kappa shape index (κ1) is 18.2. The molecule has 2 aromatic carbocycles. The van der Waals surface area contributed by atoms with Crippen LogP contribution >= 0.6 is 15.9 Å². The highest BCUT2D eigenvalue weighted by Gasteiger charge is 2.33. The van der Waals surface area contributed by atoms with Gasteiger partial charge < -0.3 is 10.1 Å². The molecule has 3 unspecified atom stereocenters. The average Bonchev–Trinajstić information content (AvgIpc) is 2.64. The minimum Gasteiger partial charge on any atom is -0.373 e. The summed E-state index contributed by atoms with van der Waals surface area (Å²) in [5.41, 5.74) is 2.30. The number of halogens is 1. The molecule has 1 saturated heterocycles. The number of rotatable bonds is 5. The third kappa shape index (κ3) is 4.93. The first-order chi connectivity index (χ1) is 12.1. The number of carbonyl (C=O) groups excluding carboxylic acids is 1. The van der Waals surface area contributed by atoms with Crippen LogP contribution in [0.15, 0.2) is 59.1 Å². The van der Waals surface area contributed by atoms with E-state index in [0.717, 1.165) is 35.9 Å². The lowest BCUT2D eigenvalue weighted by molar-refractivity contribution is -0.135. The number of nitrogens with one attached hydrogen (secondary N) is 1. The van der Waals surface area contributed by atoms with Gasteiger partial charge in [0.25, 0.3) is 0 Å². The summed E-state index contributed by atoms with van der Waals surface area (Å²) >= 11 is 3.45. The van der Waals surface area contributed by atoms with Crippen LogP contribution in [0.3, 0.4) is 0 Å². The largest absolute Gasteiger partial charge is 0.373 e. The minimum atomic E-state index is -0.144. The fourth-order valence-electron chi connectivity index (χ4n) is 3.40. The van der Waals surface area contributed by atoms with Gasteiger partial charge in [-0.15, -0.1) is 0 Å². The zero-order chi connectivity index (χ0) is 17.6. The number of benzene rings is 2. The average molecular weight is 402 g/mol. The molecule has 1 aliphatic rings. The van der Waals surface area contributed by atoms with Crippen LogP contribution in [0.2, 0.25) is 0 Å². The van der Waals surface area contributed by atoms with Crippen molar-refractivity contribution in [2.45, 2.75) is 38.3 Å². The molecule has 0 radical (unpaired) electrons. The molecular weight excluding hydrogens is 378 g/mol. The number of ether oxygens (including phenoxy) is 1. The molecule has 4 heteroatoms. The summed E-state index contributed by atoms with van der Waals surface area (Å²) in [6.45, 7) is 2.78. The predicted octanol–water partition coefficient (Wildman–Crippen LogP) is 4.66. The van der Waals surface area contributed by atoms with Gasteiger partial charge in [-0.05, 0) is 49.4 Å². The van der Waals surface area contributed by atoms with E-state index < -0.39 is 0 Å². The summed E-state index contributed by atoms with van der Waals surface area (Å²) in [6.07, 6.45) is 2.48. The molecule has 1 aliphatic heterocycles. The van der Waals surface area contributed by atoms with Gasteiger partial charge in [0.15, 0.2) is 0 Å². The van der Waals surface area contributed by atoms with Gasteiger partial charge in [-0.2, -0.15) is 0 Å². The molecule has 3 atom stereocenters. The molecule has 0 saturated carbocycles. The third-order valence-corrected chi connectivity index (χ3v) is 5.16. The van der Waals surface area contributed by atoms with E-state index in [1.54, 1.807) is 0 Å². The quantitative estimate of drug-likeness (QED) is 0.790. The Hall–Kier alpha value is -1.65. The maximum Gasteiger partial charge on any atom is 0.226 e. The Morgan fingerprint density at radius 2 is 1.92 bits per heavy atom. The van der Waals surface area contributed by atoms with Crippen molar-refractivity contribution in [2.75, 3.05) is 6.61 Å². The van der Waals surface area contributed by atoms with Gasteiger partial charge in [-0.3, -0.25) is 4.79 Å². The van der Waals surface area contributed by atoms with Crippen molar-refractivity contribution < 1.29 is 9.53 Å². The minimum absolute atomic E-state index is 0.0898. The summed E-state index contributed by atoms with van der Waals surface area (Å²) in [5, 5.41) is 3.18. The standard InChI is InChI=1S/C21H24BrNO2/c1-15(14-16-9-11-18(22)12-10-16)23-21(24)19-8-5-13-25-20(19)17-6-3-2-4-7-17/h2-4,6-7,9-12,15,19-20H,5,8,13-14H2,1H3,(H,23,24). The van der Waals surface area contributed by atoms with E-state index in [1.165, 1.54) is 5.56 Å². The van der Waals surface area contributed by atoms with Crippen LogP contribution in [0, 0.1) is 5.92 Å². The topological polar surface area (TPSA) is 38.3 Å². The highest BCUT2D eigenvalue weighted by molar-refractivity contribution is 9.10. The molecule has 1 heterocycles. The lowest BCUT2D eigenvalue weighted by Crippen LogP contribution is -2.42. The van der Waals surface area contributed by atoms with Gasteiger partial charge in [0, 0.05) is 17.1 Å². The molecule has 0 aliphatic carbocycles. The van der Waals surface area contributed by atoms with E-state index in [2.05, 4.69) is 40.3 Å². The molecule has 0 spiro atoms. The van der Waals surface area contributed by atoms with Crippen LogP contribution in [0.25, 0.3) is 0 Å². The van der Waals surface area contributed by atoms with E-state index in [1.807, 2.05) is 42.5 Å². The van der Waals surface area contributed by atoms with Crippen LogP contribution in [-0.4, -0.2) is 18.6 Å². The number of hydrogen-bond donors (Lipinski definition) is 1. The Bertz CT molecular complexity index is 687. The fourth-order valence-corrected chi connectivity index (χ4v) is 3.66. The fraction of sp³-hybridized carbons (Fsp3) is 0.381. The van der Waals surface area contributed by atoms with Gasteiger partial charge >= 0.3 is 0 Å². The van der Waals surface area contributed by atoms with E-state index in [4.69, 9.17) is 4.74 Å². The molecule has 2 aromatic rings. The van der Waals surface area contributed by atoms with E-state index in [0.29, 0.717) is 0 Å². The van der Waals surface area contributed by atoms with Crippen molar-refractivity contribution in [1.82, 2.24) is 5.32 Å². The SMILES string of the molecule is CC(Cc1ccc(Br)cc1)NC(=O)C1CCCOC1c1ccccc1. The first-order valence-electron chi connectivity index (χ1n) is 8.85. The Morgan fingerprint density at radius 1 is 1.20 bits per heavy atom. The molecule has 25 heavy (non-hydrogen) atoms. The predicted molar refractivity (Wildman–Crippen MR) is 103 cm³/mol. The first-order valence-corrected chi connectivity index (χ1v) is 9.64. The molecular formula is C21H24BrNO2. The zero-order valence-corrected chi connectivity index (χ0v) is 16.0. The second-order valence-electron chi connectivity index (χ2n) is 6.69. The molecule has 3 rings (SSSR count). The van der Waals surface area contributed by atoms with Gasteiger partial charge in [0.05, 0.1) is 12.0 Å². The van der Waals surface area contributed by atoms with Crippen molar-refractivity contribution in [2.24, 2.45) is 5.92 Å². The van der Waals surface area contributed by atoms with Gasteiger partial charge in [-0.25, -0.2) is 0 Å². The van der Waals surface area contributed by atoms with Crippen molar-refractivity contribution in [3.05, 3.63) is 70.2 Å². The third-order valence-electron chi connectivity index (χ3n) is 4.63. The van der Waals surface area contributed by atoms with E-state index >= 15 is 0 Å². The van der Waals surface area contributed by atoms with Gasteiger partial charge in [0.2, 0.25) is 5.91 Å². The maximum atomic E-state index is 12.8. The van der Waals surface area contributed by atoms with Gasteiger partial charge in [0.1, 0.15) is 0 Å². The van der Waals surface area contributed by atoms with E-state index in [-0.39, 0.29) is 24.0 Å². The van der Waals surface area contributed by atoms with Gasteiger partial charge in [-0.1, -0.05) is 58.4 Å². The number of hydrogen-bond acceptors (Lipinski definition) is 2.